The van der Waals surface area contributed by atoms with Gasteiger partial charge in [0, 0.05) is 11.9 Å². The second-order valence-electron chi connectivity index (χ2n) is 3.61. The Morgan fingerprint density at radius 3 is 2.71 bits per heavy atom. The zero-order chi connectivity index (χ0) is 13.0. The molecular formula is C10H13F2NO3S. The zero-order valence-corrected chi connectivity index (χ0v) is 10.3. The first-order valence-corrected chi connectivity index (χ1v) is 5.71. The zero-order valence-electron chi connectivity index (χ0n) is 9.44. The lowest BCUT2D eigenvalue weighted by molar-refractivity contribution is 0.0697. The minimum atomic E-state index is -2.73. The van der Waals surface area contributed by atoms with Gasteiger partial charge in [-0.2, -0.15) is 0 Å². The molecule has 0 bridgehead atoms. The molecule has 0 spiro atoms. The number of hydrogen-bond acceptors (Lipinski definition) is 4. The Hall–Kier alpha value is -1.21. The fourth-order valence-corrected chi connectivity index (χ4v) is 1.98. The standard InChI is InChI=1S/C10H13F2NO3S/c1-13(2)3-4-16-7-6(9(11)12)5-17-8(7)10(14)15/h5,9H,3-4H2,1-2H3,(H,14,15). The molecule has 17 heavy (non-hydrogen) atoms. The van der Waals surface area contributed by atoms with E-state index in [1.165, 1.54) is 0 Å². The van der Waals surface area contributed by atoms with Crippen molar-refractivity contribution in [2.45, 2.75) is 6.43 Å². The number of likely N-dealkylation sites (N-methyl/N-ethyl adjacent to an activating group) is 1. The normalized spacial score (nSPS) is 11.2. The van der Waals surface area contributed by atoms with Crippen molar-refractivity contribution < 1.29 is 23.4 Å². The highest BCUT2D eigenvalue weighted by atomic mass is 32.1. The molecule has 1 aromatic heterocycles. The fraction of sp³-hybridized carbons (Fsp3) is 0.500. The second kappa shape index (κ2) is 5.92. The molecule has 0 saturated carbocycles. The van der Waals surface area contributed by atoms with Gasteiger partial charge >= 0.3 is 5.97 Å². The number of ether oxygens (including phenoxy) is 1. The smallest absolute Gasteiger partial charge is 0.349 e. The summed E-state index contributed by atoms with van der Waals surface area (Å²) in [6, 6.07) is 0. The Kier molecular flexibility index (Phi) is 4.83. The molecule has 7 heteroatoms. The third kappa shape index (κ3) is 3.64. The van der Waals surface area contributed by atoms with Gasteiger partial charge in [0.1, 0.15) is 6.61 Å². The summed E-state index contributed by atoms with van der Waals surface area (Å²) < 4.78 is 30.4. The fourth-order valence-electron chi connectivity index (χ4n) is 1.14. The Labute approximate surface area is 101 Å². The maximum Gasteiger partial charge on any atom is 0.349 e. The third-order valence-electron chi connectivity index (χ3n) is 1.99. The van der Waals surface area contributed by atoms with Crippen LogP contribution in [0.4, 0.5) is 8.78 Å². The summed E-state index contributed by atoms with van der Waals surface area (Å²) in [4.78, 5) is 12.5. The van der Waals surface area contributed by atoms with Crippen molar-refractivity contribution in [1.82, 2.24) is 4.90 Å². The molecule has 4 nitrogen and oxygen atoms in total. The molecular weight excluding hydrogens is 252 g/mol. The summed E-state index contributed by atoms with van der Waals surface area (Å²) in [5.41, 5.74) is -0.355. The van der Waals surface area contributed by atoms with Crippen LogP contribution in [0.5, 0.6) is 5.75 Å². The van der Waals surface area contributed by atoms with Gasteiger partial charge in [-0.05, 0) is 14.1 Å². The molecule has 0 fully saturated rings. The topological polar surface area (TPSA) is 49.8 Å². The van der Waals surface area contributed by atoms with Crippen molar-refractivity contribution >= 4 is 17.3 Å². The molecule has 1 rings (SSSR count). The Balaban J connectivity index is 2.85. The Morgan fingerprint density at radius 2 is 2.24 bits per heavy atom. The van der Waals surface area contributed by atoms with Crippen LogP contribution in [-0.2, 0) is 0 Å². The highest BCUT2D eigenvalue weighted by Crippen LogP contribution is 2.37. The predicted octanol–water partition coefficient (Wildman–Crippen LogP) is 2.32. The van der Waals surface area contributed by atoms with Crippen LogP contribution in [0.3, 0.4) is 0 Å². The number of hydrogen-bond donors (Lipinski definition) is 1. The largest absolute Gasteiger partial charge is 0.490 e. The quantitative estimate of drug-likeness (QED) is 0.857. The van der Waals surface area contributed by atoms with Gasteiger partial charge in [-0.3, -0.25) is 0 Å². The number of nitrogens with zero attached hydrogens (tertiary/aromatic N) is 1. The molecule has 0 atom stereocenters. The molecule has 0 saturated heterocycles. The number of alkyl halides is 2. The van der Waals surface area contributed by atoms with Crippen LogP contribution < -0.4 is 4.74 Å². The molecule has 0 unspecified atom stereocenters. The van der Waals surface area contributed by atoms with Gasteiger partial charge in [-0.25, -0.2) is 13.6 Å². The van der Waals surface area contributed by atoms with Gasteiger partial charge < -0.3 is 14.7 Å². The van der Waals surface area contributed by atoms with E-state index in [-0.39, 0.29) is 22.8 Å². The first-order chi connectivity index (χ1) is 7.93. The highest BCUT2D eigenvalue weighted by Gasteiger charge is 2.24. The summed E-state index contributed by atoms with van der Waals surface area (Å²) in [6.45, 7) is 0.696. The van der Waals surface area contributed by atoms with Gasteiger partial charge in [-0.15, -0.1) is 11.3 Å². The average Bonchev–Trinajstić information content (AvgIpc) is 2.60. The van der Waals surface area contributed by atoms with Crippen LogP contribution in [0.2, 0.25) is 0 Å². The van der Waals surface area contributed by atoms with Crippen molar-refractivity contribution in [1.29, 1.82) is 0 Å². The number of carboxylic acids is 1. The molecule has 1 heterocycles. The van der Waals surface area contributed by atoms with E-state index in [1.54, 1.807) is 0 Å². The number of thiophene rings is 1. The van der Waals surface area contributed by atoms with Gasteiger partial charge in [0.05, 0.1) is 5.56 Å². The van der Waals surface area contributed by atoms with Crippen molar-refractivity contribution in [2.75, 3.05) is 27.2 Å². The molecule has 0 aliphatic carbocycles. The second-order valence-corrected chi connectivity index (χ2v) is 4.49. The maximum absolute atomic E-state index is 12.6. The van der Waals surface area contributed by atoms with Gasteiger partial charge in [0.2, 0.25) is 0 Å². The molecule has 0 amide bonds. The maximum atomic E-state index is 12.6. The van der Waals surface area contributed by atoms with Gasteiger partial charge in [0.25, 0.3) is 6.43 Å². The number of rotatable bonds is 6. The minimum absolute atomic E-state index is 0.170. The summed E-state index contributed by atoms with van der Waals surface area (Å²) in [6.07, 6.45) is -2.73. The predicted molar refractivity (Wildman–Crippen MR) is 60.3 cm³/mol. The SMILES string of the molecule is CN(C)CCOc1c(C(F)F)csc1C(=O)O. The van der Waals surface area contributed by atoms with Crippen molar-refractivity contribution in [2.24, 2.45) is 0 Å². The lowest BCUT2D eigenvalue weighted by Crippen LogP contribution is -2.20. The average molecular weight is 265 g/mol. The van der Waals surface area contributed by atoms with E-state index in [9.17, 15) is 13.6 Å². The monoisotopic (exact) mass is 265 g/mol. The van der Waals surface area contributed by atoms with E-state index in [0.29, 0.717) is 6.54 Å². The van der Waals surface area contributed by atoms with Gasteiger partial charge in [0.15, 0.2) is 10.6 Å². The van der Waals surface area contributed by atoms with Crippen LogP contribution in [0.15, 0.2) is 5.38 Å². The van der Waals surface area contributed by atoms with E-state index >= 15 is 0 Å². The van der Waals surface area contributed by atoms with Crippen molar-refractivity contribution in [3.63, 3.8) is 0 Å². The van der Waals surface area contributed by atoms with Crippen LogP contribution in [-0.4, -0.2) is 43.2 Å². The van der Waals surface area contributed by atoms with Crippen molar-refractivity contribution in [3.8, 4) is 5.75 Å². The third-order valence-corrected chi connectivity index (χ3v) is 2.95. The summed E-state index contributed by atoms with van der Waals surface area (Å²) in [5.74, 6) is -1.46. The summed E-state index contributed by atoms with van der Waals surface area (Å²) in [5, 5.41) is 9.97. The van der Waals surface area contributed by atoms with E-state index in [4.69, 9.17) is 9.84 Å². The van der Waals surface area contributed by atoms with Gasteiger partial charge in [-0.1, -0.05) is 0 Å². The van der Waals surface area contributed by atoms with Crippen LogP contribution in [0.1, 0.15) is 21.7 Å². The first-order valence-electron chi connectivity index (χ1n) is 4.83. The summed E-state index contributed by atoms with van der Waals surface area (Å²) in [7, 11) is 3.62. The lowest BCUT2D eigenvalue weighted by Gasteiger charge is -2.12. The Bertz CT molecular complexity index is 393. The van der Waals surface area contributed by atoms with E-state index in [0.717, 1.165) is 16.7 Å². The lowest BCUT2D eigenvalue weighted by atomic mass is 10.3. The summed E-state index contributed by atoms with van der Waals surface area (Å²) >= 11 is 0.753. The molecule has 96 valence electrons. The number of aromatic carboxylic acids is 1. The molecule has 0 aromatic carbocycles. The number of halogens is 2. The molecule has 0 radical (unpaired) electrons. The highest BCUT2D eigenvalue weighted by molar-refractivity contribution is 7.12. The first kappa shape index (κ1) is 13.9. The van der Waals surface area contributed by atoms with E-state index < -0.39 is 12.4 Å². The van der Waals surface area contributed by atoms with Crippen molar-refractivity contribution in [3.05, 3.63) is 15.8 Å². The van der Waals surface area contributed by atoms with E-state index in [2.05, 4.69) is 0 Å². The molecule has 0 aliphatic heterocycles. The minimum Gasteiger partial charge on any atom is -0.490 e. The van der Waals surface area contributed by atoms with Crippen LogP contribution in [0.25, 0.3) is 0 Å². The molecule has 0 aliphatic rings. The Morgan fingerprint density at radius 1 is 1.59 bits per heavy atom. The number of carbonyl (C=O) groups is 1. The number of carboxylic acid groups (broad SMARTS) is 1. The van der Waals surface area contributed by atoms with Crippen LogP contribution >= 0.6 is 11.3 Å². The molecule has 1 N–H and O–H groups in total. The molecule has 1 aromatic rings. The van der Waals surface area contributed by atoms with E-state index in [1.807, 2.05) is 19.0 Å². The van der Waals surface area contributed by atoms with Crippen LogP contribution in [0, 0.1) is 0 Å².